The number of methoxy groups -OCH3 is 1. The zero-order chi connectivity index (χ0) is 17.0. The first-order chi connectivity index (χ1) is 10.9. The summed E-state index contributed by atoms with van der Waals surface area (Å²) in [5.41, 5.74) is 6.14. The van der Waals surface area contributed by atoms with E-state index < -0.39 is 6.04 Å². The van der Waals surface area contributed by atoms with Crippen LogP contribution in [0.3, 0.4) is 0 Å². The minimum Gasteiger partial charge on any atom is -0.375 e. The van der Waals surface area contributed by atoms with E-state index in [1.165, 1.54) is 13.5 Å². The smallest absolute Gasteiger partial charge is 0.246 e. The summed E-state index contributed by atoms with van der Waals surface area (Å²) in [6.07, 6.45) is 5.48. The van der Waals surface area contributed by atoms with Gasteiger partial charge in [0.05, 0.1) is 0 Å². The molecule has 2 unspecified atom stereocenters. The number of rotatable bonds is 6. The van der Waals surface area contributed by atoms with Crippen molar-refractivity contribution in [2.24, 2.45) is 23.5 Å². The molecule has 7 heteroatoms. The molecule has 2 amide bonds. The van der Waals surface area contributed by atoms with Crippen molar-refractivity contribution >= 4 is 24.2 Å². The molecule has 2 saturated carbocycles. The Morgan fingerprint density at radius 2 is 1.79 bits per heavy atom. The molecule has 140 valence electrons. The van der Waals surface area contributed by atoms with Crippen molar-refractivity contribution in [3.63, 3.8) is 0 Å². The highest BCUT2D eigenvalue weighted by Crippen LogP contribution is 2.39. The Hall–Kier alpha value is -0.850. The van der Waals surface area contributed by atoms with E-state index in [1.54, 1.807) is 0 Å². The number of halogens is 1. The molecule has 0 aromatic carbocycles. The van der Waals surface area contributed by atoms with Crippen LogP contribution in [-0.2, 0) is 14.3 Å². The minimum atomic E-state index is -0.519. The molecule has 24 heavy (non-hydrogen) atoms. The fourth-order valence-electron chi connectivity index (χ4n) is 4.16. The minimum absolute atomic E-state index is 0. The summed E-state index contributed by atoms with van der Waals surface area (Å²) in [5.74, 6) is 0.642. The van der Waals surface area contributed by atoms with E-state index in [2.05, 4.69) is 10.6 Å². The molecular weight excluding hydrogens is 330 g/mol. The largest absolute Gasteiger partial charge is 0.375 e. The molecule has 2 rings (SSSR count). The number of ether oxygens (including phenoxy) is 1. The lowest BCUT2D eigenvalue weighted by molar-refractivity contribution is -0.133. The Balaban J connectivity index is 0.00000288. The average molecular weight is 362 g/mol. The first-order valence-corrected chi connectivity index (χ1v) is 8.76. The van der Waals surface area contributed by atoms with Gasteiger partial charge in [0.15, 0.2) is 0 Å². The summed E-state index contributed by atoms with van der Waals surface area (Å²) in [6, 6.07) is -0.0497. The van der Waals surface area contributed by atoms with Crippen molar-refractivity contribution in [3.8, 4) is 0 Å². The lowest BCUT2D eigenvalue weighted by Gasteiger charge is -2.45. The molecule has 3 atom stereocenters. The maximum absolute atomic E-state index is 12.7. The molecule has 2 aliphatic rings. The summed E-state index contributed by atoms with van der Waals surface area (Å²) in [7, 11) is 1.47. The van der Waals surface area contributed by atoms with Gasteiger partial charge in [-0.2, -0.15) is 0 Å². The van der Waals surface area contributed by atoms with Crippen molar-refractivity contribution in [1.29, 1.82) is 0 Å². The van der Waals surface area contributed by atoms with Crippen molar-refractivity contribution in [2.45, 2.75) is 64.1 Å². The highest BCUT2D eigenvalue weighted by molar-refractivity contribution is 5.88. The van der Waals surface area contributed by atoms with Gasteiger partial charge in [-0.1, -0.05) is 20.3 Å². The second kappa shape index (κ2) is 9.59. The van der Waals surface area contributed by atoms with Crippen LogP contribution in [-0.4, -0.2) is 43.7 Å². The topological polar surface area (TPSA) is 93.4 Å². The zero-order valence-electron chi connectivity index (χ0n) is 14.9. The Bertz CT molecular complexity index is 419. The monoisotopic (exact) mass is 361 g/mol. The van der Waals surface area contributed by atoms with Crippen LogP contribution >= 0.6 is 12.4 Å². The maximum atomic E-state index is 12.7. The van der Waals surface area contributed by atoms with Gasteiger partial charge in [-0.3, -0.25) is 9.59 Å². The van der Waals surface area contributed by atoms with Crippen LogP contribution < -0.4 is 16.4 Å². The molecular formula is C17H32ClN3O3. The van der Waals surface area contributed by atoms with Gasteiger partial charge in [0.2, 0.25) is 11.8 Å². The molecule has 2 bridgehead atoms. The summed E-state index contributed by atoms with van der Waals surface area (Å²) in [6.45, 7) is 3.85. The van der Waals surface area contributed by atoms with E-state index in [9.17, 15) is 9.59 Å². The van der Waals surface area contributed by atoms with Crippen molar-refractivity contribution in [2.75, 3.05) is 13.7 Å². The first-order valence-electron chi connectivity index (χ1n) is 8.76. The van der Waals surface area contributed by atoms with Crippen LogP contribution in [0.2, 0.25) is 0 Å². The Labute approximate surface area is 151 Å². The van der Waals surface area contributed by atoms with Gasteiger partial charge in [0, 0.05) is 19.2 Å². The van der Waals surface area contributed by atoms with Gasteiger partial charge >= 0.3 is 0 Å². The Morgan fingerprint density at radius 3 is 2.29 bits per heavy atom. The number of fused-ring (bicyclic) bond motifs is 2. The SMILES string of the molecule is COCC(=O)N[C@H](C(=O)NC1C2CCCC1CC(N)C2)C(C)C.Cl. The average Bonchev–Trinajstić information content (AvgIpc) is 2.45. The van der Waals surface area contributed by atoms with Crippen LogP contribution in [0.5, 0.6) is 0 Å². The standard InChI is InChI=1S/C17H31N3O3.ClH/c1-10(2)15(19-14(21)9-23-3)17(22)20-16-11-5-4-6-12(16)8-13(18)7-11;/h10-13,15-16H,4-9,18H2,1-3H3,(H,19,21)(H,20,22);1H/t11?,12?,13?,15-,16?;/m0./s1. The quantitative estimate of drug-likeness (QED) is 0.663. The van der Waals surface area contributed by atoms with Crippen molar-refractivity contribution in [3.05, 3.63) is 0 Å². The van der Waals surface area contributed by atoms with Crippen LogP contribution in [0.4, 0.5) is 0 Å². The summed E-state index contributed by atoms with van der Waals surface area (Å²) >= 11 is 0. The van der Waals surface area contributed by atoms with E-state index in [0.29, 0.717) is 11.8 Å². The number of carbonyl (C=O) groups is 2. The lowest BCUT2D eigenvalue weighted by atomic mass is 9.67. The van der Waals surface area contributed by atoms with Gasteiger partial charge in [-0.15, -0.1) is 12.4 Å². The van der Waals surface area contributed by atoms with Gasteiger partial charge in [-0.05, 0) is 43.4 Å². The van der Waals surface area contributed by atoms with Gasteiger partial charge in [0.1, 0.15) is 12.6 Å². The van der Waals surface area contributed by atoms with E-state index in [-0.39, 0.29) is 48.8 Å². The van der Waals surface area contributed by atoms with Crippen molar-refractivity contribution in [1.82, 2.24) is 10.6 Å². The van der Waals surface area contributed by atoms with Crippen LogP contribution in [0.25, 0.3) is 0 Å². The fourth-order valence-corrected chi connectivity index (χ4v) is 4.16. The number of hydrogen-bond donors (Lipinski definition) is 3. The summed E-state index contributed by atoms with van der Waals surface area (Å²) in [4.78, 5) is 24.5. The third-order valence-electron chi connectivity index (χ3n) is 5.23. The number of amides is 2. The van der Waals surface area contributed by atoms with Crippen LogP contribution in [0.1, 0.15) is 46.0 Å². The van der Waals surface area contributed by atoms with E-state index in [1.807, 2.05) is 13.8 Å². The Kier molecular flexibility index (Phi) is 8.46. The molecule has 6 nitrogen and oxygen atoms in total. The molecule has 2 aliphatic carbocycles. The van der Waals surface area contributed by atoms with Crippen LogP contribution in [0, 0.1) is 17.8 Å². The molecule has 0 saturated heterocycles. The van der Waals surface area contributed by atoms with E-state index in [0.717, 1.165) is 25.7 Å². The third-order valence-corrected chi connectivity index (χ3v) is 5.23. The molecule has 4 N–H and O–H groups in total. The number of nitrogens with two attached hydrogens (primary N) is 1. The lowest BCUT2D eigenvalue weighted by Crippen LogP contribution is -2.58. The number of nitrogens with one attached hydrogen (secondary N) is 2. The Morgan fingerprint density at radius 1 is 1.21 bits per heavy atom. The fraction of sp³-hybridized carbons (Fsp3) is 0.882. The first kappa shape index (κ1) is 21.2. The summed E-state index contributed by atoms with van der Waals surface area (Å²) in [5, 5.41) is 6.00. The molecule has 0 heterocycles. The molecule has 0 aromatic heterocycles. The highest BCUT2D eigenvalue weighted by atomic mass is 35.5. The third kappa shape index (κ3) is 5.33. The van der Waals surface area contributed by atoms with E-state index >= 15 is 0 Å². The zero-order valence-corrected chi connectivity index (χ0v) is 15.7. The highest BCUT2D eigenvalue weighted by Gasteiger charge is 2.41. The maximum Gasteiger partial charge on any atom is 0.246 e. The van der Waals surface area contributed by atoms with Crippen LogP contribution in [0.15, 0.2) is 0 Å². The van der Waals surface area contributed by atoms with E-state index in [4.69, 9.17) is 10.5 Å². The normalized spacial score (nSPS) is 30.2. The molecule has 0 radical (unpaired) electrons. The van der Waals surface area contributed by atoms with Gasteiger partial charge < -0.3 is 21.1 Å². The van der Waals surface area contributed by atoms with Gasteiger partial charge in [0.25, 0.3) is 0 Å². The van der Waals surface area contributed by atoms with Crippen molar-refractivity contribution < 1.29 is 14.3 Å². The second-order valence-corrected chi connectivity index (χ2v) is 7.44. The predicted molar refractivity (Wildman–Crippen MR) is 95.9 cm³/mol. The second-order valence-electron chi connectivity index (χ2n) is 7.44. The number of hydrogen-bond acceptors (Lipinski definition) is 4. The summed E-state index contributed by atoms with van der Waals surface area (Å²) < 4.78 is 4.83. The molecule has 0 aromatic rings. The molecule has 0 aliphatic heterocycles. The number of carbonyl (C=O) groups excluding carboxylic acids is 2. The van der Waals surface area contributed by atoms with Gasteiger partial charge in [-0.25, -0.2) is 0 Å². The predicted octanol–water partition coefficient (Wildman–Crippen LogP) is 1.22. The molecule has 2 fully saturated rings. The molecule has 0 spiro atoms.